The quantitative estimate of drug-likeness (QED) is 0.915. The number of carboxylic acids is 1. The van der Waals surface area contributed by atoms with Gasteiger partial charge in [0.2, 0.25) is 0 Å². The number of carbonyl (C=O) groups is 1. The molecule has 1 N–H and O–H groups in total. The molecule has 0 atom stereocenters. The van der Waals surface area contributed by atoms with Gasteiger partial charge in [0, 0.05) is 16.8 Å². The summed E-state index contributed by atoms with van der Waals surface area (Å²) < 4.78 is 1.46. The number of thiazole rings is 1. The summed E-state index contributed by atoms with van der Waals surface area (Å²) in [5.41, 5.74) is 2.29. The van der Waals surface area contributed by atoms with E-state index >= 15 is 0 Å². The van der Waals surface area contributed by atoms with Gasteiger partial charge in [-0.2, -0.15) is 0 Å². The lowest BCUT2D eigenvalue weighted by Crippen LogP contribution is -2.29. The van der Waals surface area contributed by atoms with Crippen LogP contribution in [0.15, 0.2) is 22.6 Å². The van der Waals surface area contributed by atoms with Gasteiger partial charge in [-0.15, -0.1) is 11.3 Å². The van der Waals surface area contributed by atoms with E-state index in [1.165, 1.54) is 15.9 Å². The Balaban J connectivity index is 2.57. The van der Waals surface area contributed by atoms with Crippen LogP contribution in [0.2, 0.25) is 0 Å². The number of hydrogen-bond acceptors (Lipinski definition) is 4. The van der Waals surface area contributed by atoms with Gasteiger partial charge in [0.15, 0.2) is 0 Å². The average Bonchev–Trinajstić information content (AvgIpc) is 2.75. The number of hydrogen-bond donors (Lipinski definition) is 1. The van der Waals surface area contributed by atoms with Crippen molar-refractivity contribution < 1.29 is 9.90 Å². The first kappa shape index (κ1) is 12.5. The molecule has 2 aromatic heterocycles. The third kappa shape index (κ3) is 2.19. The van der Waals surface area contributed by atoms with Crippen molar-refractivity contribution in [2.24, 2.45) is 0 Å². The minimum absolute atomic E-state index is 0.162. The van der Waals surface area contributed by atoms with Crippen LogP contribution in [-0.4, -0.2) is 20.6 Å². The van der Waals surface area contributed by atoms with E-state index in [0.717, 1.165) is 10.6 Å². The lowest BCUT2D eigenvalue weighted by molar-refractivity contribution is 0.0693. The number of aromatic carboxylic acids is 1. The highest BCUT2D eigenvalue weighted by Gasteiger charge is 2.16. The largest absolute Gasteiger partial charge is 0.477 e. The fourth-order valence-corrected chi connectivity index (χ4v) is 2.44. The monoisotopic (exact) mass is 264 g/mol. The van der Waals surface area contributed by atoms with Crippen molar-refractivity contribution >= 4 is 17.3 Å². The highest BCUT2D eigenvalue weighted by molar-refractivity contribution is 7.09. The normalized spacial score (nSPS) is 10.6. The van der Waals surface area contributed by atoms with Crippen LogP contribution in [0.3, 0.4) is 0 Å². The second-order valence-electron chi connectivity index (χ2n) is 4.01. The molecule has 0 amide bonds. The average molecular weight is 264 g/mol. The van der Waals surface area contributed by atoms with Gasteiger partial charge in [-0.05, 0) is 25.5 Å². The third-order valence-corrected chi connectivity index (χ3v) is 3.48. The first-order valence-electron chi connectivity index (χ1n) is 5.32. The van der Waals surface area contributed by atoms with E-state index in [-0.39, 0.29) is 5.56 Å². The molecule has 0 aliphatic heterocycles. The molecule has 2 aromatic rings. The highest BCUT2D eigenvalue weighted by Crippen LogP contribution is 2.11. The third-order valence-electron chi connectivity index (χ3n) is 2.72. The molecule has 0 radical (unpaired) electrons. The number of aryl methyl sites for hydroxylation is 2. The molecule has 94 valence electrons. The van der Waals surface area contributed by atoms with E-state index in [9.17, 15) is 9.59 Å². The molecule has 2 heterocycles. The Hall–Kier alpha value is -1.95. The minimum Gasteiger partial charge on any atom is -0.477 e. The zero-order valence-corrected chi connectivity index (χ0v) is 10.8. The molecule has 18 heavy (non-hydrogen) atoms. The lowest BCUT2D eigenvalue weighted by Gasteiger charge is -2.11. The van der Waals surface area contributed by atoms with Crippen molar-refractivity contribution in [2.45, 2.75) is 20.4 Å². The summed E-state index contributed by atoms with van der Waals surface area (Å²) in [6, 6.07) is 1.71. The molecule has 0 aromatic carbocycles. The van der Waals surface area contributed by atoms with Crippen molar-refractivity contribution in [3.63, 3.8) is 0 Å². The molecule has 6 heteroatoms. The molecule has 5 nitrogen and oxygen atoms in total. The molecule has 2 rings (SSSR count). The zero-order valence-electron chi connectivity index (χ0n) is 10.0. The number of pyridine rings is 1. The van der Waals surface area contributed by atoms with Crippen LogP contribution in [0.4, 0.5) is 0 Å². The van der Waals surface area contributed by atoms with Crippen LogP contribution >= 0.6 is 11.3 Å². The summed E-state index contributed by atoms with van der Waals surface area (Å²) in [4.78, 5) is 28.1. The zero-order chi connectivity index (χ0) is 13.3. The maximum atomic E-state index is 12.1. The summed E-state index contributed by atoms with van der Waals surface area (Å²) in [7, 11) is 0. The first-order valence-corrected chi connectivity index (χ1v) is 6.20. The molecule has 0 fully saturated rings. The summed E-state index contributed by atoms with van der Waals surface area (Å²) in [6.45, 7) is 3.78. The van der Waals surface area contributed by atoms with E-state index in [4.69, 9.17) is 5.11 Å². The Morgan fingerprint density at radius 3 is 2.78 bits per heavy atom. The smallest absolute Gasteiger partial charge is 0.341 e. The van der Waals surface area contributed by atoms with Crippen molar-refractivity contribution in [3.8, 4) is 0 Å². The molecule has 0 aliphatic rings. The molecule has 0 spiro atoms. The number of rotatable bonds is 3. The van der Waals surface area contributed by atoms with Crippen LogP contribution in [-0.2, 0) is 6.54 Å². The first-order chi connectivity index (χ1) is 8.50. The van der Waals surface area contributed by atoms with Gasteiger partial charge in [0.05, 0.1) is 12.1 Å². The number of aromatic nitrogens is 2. The molecule has 0 unspecified atom stereocenters. The maximum Gasteiger partial charge on any atom is 0.341 e. The Morgan fingerprint density at radius 2 is 2.22 bits per heavy atom. The van der Waals surface area contributed by atoms with Gasteiger partial charge in [0.1, 0.15) is 5.56 Å². The van der Waals surface area contributed by atoms with Gasteiger partial charge in [-0.25, -0.2) is 4.79 Å². The predicted molar refractivity (Wildman–Crippen MR) is 68.4 cm³/mol. The Kier molecular flexibility index (Phi) is 3.29. The van der Waals surface area contributed by atoms with Crippen LogP contribution in [0.25, 0.3) is 0 Å². The lowest BCUT2D eigenvalue weighted by atomic mass is 10.1. The van der Waals surface area contributed by atoms with E-state index in [2.05, 4.69) is 4.98 Å². The maximum absolute atomic E-state index is 12.1. The Labute approximate surface area is 107 Å². The van der Waals surface area contributed by atoms with Crippen molar-refractivity contribution in [1.29, 1.82) is 0 Å². The molecule has 0 saturated carbocycles. The molecule has 0 saturated heterocycles. The van der Waals surface area contributed by atoms with Crippen LogP contribution in [0.5, 0.6) is 0 Å². The summed E-state index contributed by atoms with van der Waals surface area (Å²) in [6.07, 6.45) is 1.68. The van der Waals surface area contributed by atoms with Gasteiger partial charge >= 0.3 is 5.97 Å². The molecular weight excluding hydrogens is 252 g/mol. The fourth-order valence-electron chi connectivity index (χ4n) is 1.86. The molecular formula is C12H12N2O3S. The van der Waals surface area contributed by atoms with Gasteiger partial charge in [-0.1, -0.05) is 0 Å². The van der Waals surface area contributed by atoms with Gasteiger partial charge in [-0.3, -0.25) is 9.78 Å². The minimum atomic E-state index is -1.18. The highest BCUT2D eigenvalue weighted by atomic mass is 32.1. The Bertz CT molecular complexity index is 644. The summed E-state index contributed by atoms with van der Waals surface area (Å²) >= 11 is 1.44. The number of carboxylic acid groups (broad SMARTS) is 1. The topological polar surface area (TPSA) is 72.2 Å². The Morgan fingerprint density at radius 1 is 1.50 bits per heavy atom. The van der Waals surface area contributed by atoms with Crippen LogP contribution in [0.1, 0.15) is 26.5 Å². The second-order valence-corrected chi connectivity index (χ2v) is 4.98. The second kappa shape index (κ2) is 4.73. The summed E-state index contributed by atoms with van der Waals surface area (Å²) in [5, 5.41) is 9.06. The van der Waals surface area contributed by atoms with E-state index in [1.54, 1.807) is 31.6 Å². The van der Waals surface area contributed by atoms with Crippen molar-refractivity contribution in [2.75, 3.05) is 0 Å². The number of nitrogens with zero attached hydrogens (tertiary/aromatic N) is 2. The summed E-state index contributed by atoms with van der Waals surface area (Å²) in [5.74, 6) is -1.18. The van der Waals surface area contributed by atoms with Crippen LogP contribution < -0.4 is 5.56 Å². The van der Waals surface area contributed by atoms with Crippen molar-refractivity contribution in [3.05, 3.63) is 49.8 Å². The molecule has 0 bridgehead atoms. The van der Waals surface area contributed by atoms with E-state index < -0.39 is 11.5 Å². The van der Waals surface area contributed by atoms with Crippen LogP contribution in [0, 0.1) is 13.8 Å². The van der Waals surface area contributed by atoms with E-state index in [1.807, 2.05) is 0 Å². The van der Waals surface area contributed by atoms with Crippen molar-refractivity contribution in [1.82, 2.24) is 9.55 Å². The van der Waals surface area contributed by atoms with Gasteiger partial charge < -0.3 is 9.67 Å². The standard InChI is InChI=1S/C12H12N2O3S/c1-7-3-8(2)14(5-9-4-13-6-18-9)11(15)10(7)12(16)17/h3-4,6H,5H2,1-2H3,(H,16,17). The molecule has 0 aliphatic carbocycles. The predicted octanol–water partition coefficient (Wildman–Crippen LogP) is 1.67. The fraction of sp³-hybridized carbons (Fsp3) is 0.250. The van der Waals surface area contributed by atoms with Gasteiger partial charge in [0.25, 0.3) is 5.56 Å². The van der Waals surface area contributed by atoms with E-state index in [0.29, 0.717) is 12.1 Å². The SMILES string of the molecule is Cc1cc(C)n(Cc2cncs2)c(=O)c1C(=O)O.